The van der Waals surface area contributed by atoms with Crippen molar-refractivity contribution >= 4 is 0 Å². The van der Waals surface area contributed by atoms with Crippen LogP contribution in [-0.4, -0.2) is 19.2 Å². The Morgan fingerprint density at radius 3 is 2.53 bits per heavy atom. The number of rotatable bonds is 3. The highest BCUT2D eigenvalue weighted by Gasteiger charge is 2.24. The van der Waals surface area contributed by atoms with Gasteiger partial charge in [-0.3, -0.25) is 0 Å². The first-order valence-electron chi connectivity index (χ1n) is 6.78. The minimum Gasteiger partial charge on any atom is -0.490 e. The zero-order chi connectivity index (χ0) is 11.7. The second-order valence-electron chi connectivity index (χ2n) is 5.58. The standard InChI is InChI=1S/C15H21NO/c1-11-8-13(10-16-9-11)12-2-4-14(5-3-12)17-15-6-7-15/h2-5,11,13,15-16H,6-10H2,1H3. The predicted octanol–water partition coefficient (Wildman–Crippen LogP) is 2.94. The molecule has 2 unspecified atom stereocenters. The average molecular weight is 231 g/mol. The maximum atomic E-state index is 5.77. The highest BCUT2D eigenvalue weighted by molar-refractivity contribution is 5.30. The molecule has 2 nitrogen and oxygen atoms in total. The summed E-state index contributed by atoms with van der Waals surface area (Å²) in [4.78, 5) is 0. The van der Waals surface area contributed by atoms with Crippen LogP contribution in [-0.2, 0) is 0 Å². The number of nitrogens with one attached hydrogen (secondary N) is 1. The summed E-state index contributed by atoms with van der Waals surface area (Å²) in [5.41, 5.74) is 1.45. The third-order valence-electron chi connectivity index (χ3n) is 3.75. The number of hydrogen-bond donors (Lipinski definition) is 1. The van der Waals surface area contributed by atoms with Crippen molar-refractivity contribution in [2.24, 2.45) is 5.92 Å². The molecule has 17 heavy (non-hydrogen) atoms. The van der Waals surface area contributed by atoms with Gasteiger partial charge in [0, 0.05) is 6.54 Å². The van der Waals surface area contributed by atoms with Gasteiger partial charge >= 0.3 is 0 Å². The van der Waals surface area contributed by atoms with E-state index in [-0.39, 0.29) is 0 Å². The van der Waals surface area contributed by atoms with Crippen molar-refractivity contribution < 1.29 is 4.74 Å². The molecule has 2 heteroatoms. The second-order valence-corrected chi connectivity index (χ2v) is 5.58. The van der Waals surface area contributed by atoms with Gasteiger partial charge in [-0.15, -0.1) is 0 Å². The average Bonchev–Trinajstić information content (AvgIpc) is 3.14. The van der Waals surface area contributed by atoms with Gasteiger partial charge in [0.15, 0.2) is 0 Å². The Bertz CT molecular complexity index is 369. The molecule has 2 aliphatic rings. The monoisotopic (exact) mass is 231 g/mol. The first-order chi connectivity index (χ1) is 8.31. The summed E-state index contributed by atoms with van der Waals surface area (Å²) >= 11 is 0. The molecule has 0 aromatic heterocycles. The molecule has 3 rings (SSSR count). The van der Waals surface area contributed by atoms with Crippen LogP contribution < -0.4 is 10.1 Å². The van der Waals surface area contributed by atoms with E-state index in [1.54, 1.807) is 0 Å². The van der Waals surface area contributed by atoms with Crippen LogP contribution in [0.15, 0.2) is 24.3 Å². The molecule has 0 amide bonds. The van der Waals surface area contributed by atoms with Crippen LogP contribution in [0.4, 0.5) is 0 Å². The Morgan fingerprint density at radius 1 is 1.12 bits per heavy atom. The Kier molecular flexibility index (Phi) is 3.06. The van der Waals surface area contributed by atoms with E-state index in [4.69, 9.17) is 4.74 Å². The number of piperidine rings is 1. The molecule has 2 atom stereocenters. The van der Waals surface area contributed by atoms with Crippen LogP contribution in [0.3, 0.4) is 0 Å². The molecule has 1 aliphatic heterocycles. The molecule has 0 spiro atoms. The van der Waals surface area contributed by atoms with Crippen LogP contribution in [0, 0.1) is 5.92 Å². The Morgan fingerprint density at radius 2 is 1.88 bits per heavy atom. The van der Waals surface area contributed by atoms with Crippen molar-refractivity contribution in [1.29, 1.82) is 0 Å². The Labute approximate surface area is 103 Å². The van der Waals surface area contributed by atoms with E-state index in [1.807, 2.05) is 0 Å². The zero-order valence-electron chi connectivity index (χ0n) is 10.5. The topological polar surface area (TPSA) is 21.3 Å². The summed E-state index contributed by atoms with van der Waals surface area (Å²) in [6.45, 7) is 4.61. The molecule has 1 saturated heterocycles. The number of hydrogen-bond acceptors (Lipinski definition) is 2. The molecule has 0 radical (unpaired) electrons. The highest BCUT2D eigenvalue weighted by atomic mass is 16.5. The lowest BCUT2D eigenvalue weighted by Crippen LogP contribution is -2.33. The third kappa shape index (κ3) is 2.81. The smallest absolute Gasteiger partial charge is 0.119 e. The van der Waals surface area contributed by atoms with Crippen molar-refractivity contribution in [2.45, 2.75) is 38.2 Å². The van der Waals surface area contributed by atoms with E-state index in [0.29, 0.717) is 12.0 Å². The summed E-state index contributed by atoms with van der Waals surface area (Å²) in [5, 5.41) is 3.51. The van der Waals surface area contributed by atoms with Gasteiger partial charge in [0.25, 0.3) is 0 Å². The molecule has 2 fully saturated rings. The zero-order valence-corrected chi connectivity index (χ0v) is 10.5. The number of ether oxygens (including phenoxy) is 1. The normalized spacial score (nSPS) is 29.0. The van der Waals surface area contributed by atoms with Gasteiger partial charge in [-0.05, 0) is 55.3 Å². The van der Waals surface area contributed by atoms with Crippen LogP contribution in [0.25, 0.3) is 0 Å². The van der Waals surface area contributed by atoms with Gasteiger partial charge in [-0.25, -0.2) is 0 Å². The second kappa shape index (κ2) is 4.69. The largest absolute Gasteiger partial charge is 0.490 e. The van der Waals surface area contributed by atoms with Gasteiger partial charge < -0.3 is 10.1 Å². The van der Waals surface area contributed by atoms with Gasteiger partial charge in [0.05, 0.1) is 6.10 Å². The van der Waals surface area contributed by atoms with Crippen LogP contribution in [0.5, 0.6) is 5.75 Å². The minimum atomic E-state index is 0.497. The summed E-state index contributed by atoms with van der Waals surface area (Å²) in [7, 11) is 0. The van der Waals surface area contributed by atoms with E-state index < -0.39 is 0 Å². The molecule has 1 aliphatic carbocycles. The van der Waals surface area contributed by atoms with Gasteiger partial charge in [0.1, 0.15) is 5.75 Å². The van der Waals surface area contributed by atoms with Gasteiger partial charge in [-0.1, -0.05) is 19.1 Å². The van der Waals surface area contributed by atoms with Gasteiger partial charge in [-0.2, -0.15) is 0 Å². The summed E-state index contributed by atoms with van der Waals surface area (Å²) in [5.74, 6) is 2.50. The molecule has 0 bridgehead atoms. The van der Waals surface area contributed by atoms with E-state index >= 15 is 0 Å². The first kappa shape index (κ1) is 11.1. The molecular weight excluding hydrogens is 210 g/mol. The lowest BCUT2D eigenvalue weighted by atomic mass is 9.86. The summed E-state index contributed by atoms with van der Waals surface area (Å²) in [6.07, 6.45) is 4.25. The lowest BCUT2D eigenvalue weighted by Gasteiger charge is -2.28. The van der Waals surface area contributed by atoms with Gasteiger partial charge in [0.2, 0.25) is 0 Å². The van der Waals surface area contributed by atoms with E-state index in [1.165, 1.54) is 31.4 Å². The third-order valence-corrected chi connectivity index (χ3v) is 3.75. The Hall–Kier alpha value is -1.02. The van der Waals surface area contributed by atoms with E-state index in [9.17, 15) is 0 Å². The van der Waals surface area contributed by atoms with Crippen LogP contribution in [0.1, 0.15) is 37.7 Å². The fourth-order valence-corrected chi connectivity index (χ4v) is 2.61. The predicted molar refractivity (Wildman–Crippen MR) is 69.5 cm³/mol. The molecule has 1 N–H and O–H groups in total. The lowest BCUT2D eigenvalue weighted by molar-refractivity contribution is 0.303. The molecule has 1 aromatic carbocycles. The van der Waals surface area contributed by atoms with Crippen molar-refractivity contribution in [3.8, 4) is 5.75 Å². The molecule has 1 aromatic rings. The van der Waals surface area contributed by atoms with Crippen molar-refractivity contribution in [1.82, 2.24) is 5.32 Å². The highest BCUT2D eigenvalue weighted by Crippen LogP contribution is 2.30. The maximum absolute atomic E-state index is 5.77. The SMILES string of the molecule is CC1CNCC(c2ccc(OC3CC3)cc2)C1. The van der Waals surface area contributed by atoms with Crippen molar-refractivity contribution in [2.75, 3.05) is 13.1 Å². The maximum Gasteiger partial charge on any atom is 0.119 e. The Balaban J connectivity index is 1.65. The van der Waals surface area contributed by atoms with E-state index in [0.717, 1.165) is 18.2 Å². The summed E-state index contributed by atoms with van der Waals surface area (Å²) < 4.78 is 5.77. The van der Waals surface area contributed by atoms with Crippen molar-refractivity contribution in [3.05, 3.63) is 29.8 Å². The molecule has 1 saturated carbocycles. The van der Waals surface area contributed by atoms with Crippen LogP contribution in [0.2, 0.25) is 0 Å². The first-order valence-corrected chi connectivity index (χ1v) is 6.78. The number of benzene rings is 1. The molecule has 92 valence electrons. The molecule has 1 heterocycles. The quantitative estimate of drug-likeness (QED) is 0.863. The van der Waals surface area contributed by atoms with E-state index in [2.05, 4.69) is 36.5 Å². The summed E-state index contributed by atoms with van der Waals surface area (Å²) in [6, 6.07) is 8.74. The van der Waals surface area contributed by atoms with Crippen molar-refractivity contribution in [3.63, 3.8) is 0 Å². The van der Waals surface area contributed by atoms with Crippen LogP contribution >= 0.6 is 0 Å². The molecular formula is C15H21NO. The fourth-order valence-electron chi connectivity index (χ4n) is 2.61. The fraction of sp³-hybridized carbons (Fsp3) is 0.600. The minimum absolute atomic E-state index is 0.497.